The van der Waals surface area contributed by atoms with Gasteiger partial charge >= 0.3 is 5.97 Å². The van der Waals surface area contributed by atoms with Crippen LogP contribution in [0.4, 0.5) is 0 Å². The molecule has 2 heterocycles. The topological polar surface area (TPSA) is 84.9 Å². The summed E-state index contributed by atoms with van der Waals surface area (Å²) in [5.41, 5.74) is 0.929. The Bertz CT molecular complexity index is 654. The molecule has 1 fully saturated rings. The van der Waals surface area contributed by atoms with Gasteiger partial charge in [0.05, 0.1) is 30.8 Å². The maximum Gasteiger partial charge on any atom is 0.310 e. The normalized spacial score (nSPS) is 28.6. The minimum absolute atomic E-state index is 0.231. The van der Waals surface area contributed by atoms with Crippen molar-refractivity contribution in [2.45, 2.75) is 32.1 Å². The predicted molar refractivity (Wildman–Crippen MR) is 86.6 cm³/mol. The third-order valence-electron chi connectivity index (χ3n) is 4.54. The molecule has 0 saturated carbocycles. The van der Waals surface area contributed by atoms with Crippen LogP contribution in [0.1, 0.15) is 25.5 Å². The number of carbonyl (C=O) groups excluding carboxylic acids is 1. The maximum absolute atomic E-state index is 12.6. The summed E-state index contributed by atoms with van der Waals surface area (Å²) in [7, 11) is 0. The van der Waals surface area contributed by atoms with Gasteiger partial charge in [-0.05, 0) is 31.5 Å². The van der Waals surface area contributed by atoms with Crippen LogP contribution in [0.3, 0.4) is 0 Å². The molecule has 1 saturated heterocycles. The number of carboxylic acid groups (broad SMARTS) is 1. The molecule has 2 bridgehead atoms. The largest absolute Gasteiger partial charge is 0.494 e. The van der Waals surface area contributed by atoms with E-state index in [1.54, 1.807) is 12.2 Å². The summed E-state index contributed by atoms with van der Waals surface area (Å²) < 4.78 is 10.9. The van der Waals surface area contributed by atoms with Crippen LogP contribution in [-0.4, -0.2) is 35.8 Å². The highest BCUT2D eigenvalue weighted by Crippen LogP contribution is 2.39. The van der Waals surface area contributed by atoms with Crippen molar-refractivity contribution in [2.75, 3.05) is 6.61 Å². The number of aliphatic carboxylic acids is 1. The number of carbonyl (C=O) groups is 2. The molecule has 1 aromatic rings. The van der Waals surface area contributed by atoms with E-state index in [1.165, 1.54) is 0 Å². The van der Waals surface area contributed by atoms with Gasteiger partial charge in [-0.3, -0.25) is 9.59 Å². The van der Waals surface area contributed by atoms with Gasteiger partial charge < -0.3 is 19.9 Å². The average molecular weight is 331 g/mol. The maximum atomic E-state index is 12.6. The van der Waals surface area contributed by atoms with Crippen LogP contribution >= 0.6 is 0 Å². The Morgan fingerprint density at radius 1 is 1.21 bits per heavy atom. The van der Waals surface area contributed by atoms with Gasteiger partial charge in [0.1, 0.15) is 11.7 Å². The Morgan fingerprint density at radius 3 is 2.42 bits per heavy atom. The van der Waals surface area contributed by atoms with Gasteiger partial charge in [-0.15, -0.1) is 0 Å². The number of nitrogens with one attached hydrogen (secondary N) is 1. The molecule has 0 radical (unpaired) electrons. The Morgan fingerprint density at radius 2 is 1.83 bits per heavy atom. The van der Waals surface area contributed by atoms with Crippen LogP contribution in [0.5, 0.6) is 5.75 Å². The molecule has 1 aromatic carbocycles. The summed E-state index contributed by atoms with van der Waals surface area (Å²) in [6.07, 6.45) is 2.53. The van der Waals surface area contributed by atoms with Crippen LogP contribution < -0.4 is 10.1 Å². The standard InChI is InChI=1S/C18H21NO5/c1-3-23-12-6-4-11(5-7-12)10(2)19-17(20)15-13-8-9-14(24-13)16(15)18(21)22/h4-10,13-16H,3H2,1-2H3,(H,19,20)(H,21,22)/t10-,13-,14+,15-,16-/m0/s1. The second-order valence-corrected chi connectivity index (χ2v) is 6.07. The lowest BCUT2D eigenvalue weighted by Crippen LogP contribution is -2.43. The van der Waals surface area contributed by atoms with Crippen molar-refractivity contribution in [1.82, 2.24) is 5.32 Å². The molecule has 2 aliphatic heterocycles. The van der Waals surface area contributed by atoms with E-state index < -0.39 is 30.0 Å². The Labute approximate surface area is 140 Å². The summed E-state index contributed by atoms with van der Waals surface area (Å²) in [5.74, 6) is -2.03. The van der Waals surface area contributed by atoms with Gasteiger partial charge in [0.15, 0.2) is 0 Å². The third-order valence-corrected chi connectivity index (χ3v) is 4.54. The van der Waals surface area contributed by atoms with Crippen molar-refractivity contribution in [1.29, 1.82) is 0 Å². The summed E-state index contributed by atoms with van der Waals surface area (Å²) in [5, 5.41) is 12.3. The van der Waals surface area contributed by atoms with E-state index in [0.717, 1.165) is 11.3 Å². The number of ether oxygens (including phenoxy) is 2. The van der Waals surface area contributed by atoms with Gasteiger partial charge in [-0.2, -0.15) is 0 Å². The lowest BCUT2D eigenvalue weighted by molar-refractivity contribution is -0.146. The lowest BCUT2D eigenvalue weighted by atomic mass is 9.82. The van der Waals surface area contributed by atoms with Gasteiger partial charge in [0.25, 0.3) is 0 Å². The number of benzene rings is 1. The van der Waals surface area contributed by atoms with E-state index in [-0.39, 0.29) is 11.9 Å². The van der Waals surface area contributed by atoms with Crippen molar-refractivity contribution in [3.63, 3.8) is 0 Å². The van der Waals surface area contributed by atoms with E-state index in [2.05, 4.69) is 5.32 Å². The Hall–Kier alpha value is -2.34. The molecule has 0 spiro atoms. The number of carboxylic acids is 1. The van der Waals surface area contributed by atoms with Crippen LogP contribution in [0.2, 0.25) is 0 Å². The van der Waals surface area contributed by atoms with Crippen LogP contribution in [-0.2, 0) is 14.3 Å². The third kappa shape index (κ3) is 3.01. The highest BCUT2D eigenvalue weighted by Gasteiger charge is 2.53. The minimum atomic E-state index is -0.999. The summed E-state index contributed by atoms with van der Waals surface area (Å²) in [4.78, 5) is 24.0. The quantitative estimate of drug-likeness (QED) is 0.778. The van der Waals surface area contributed by atoms with E-state index in [0.29, 0.717) is 6.61 Å². The zero-order valence-electron chi connectivity index (χ0n) is 13.6. The molecule has 0 aliphatic carbocycles. The predicted octanol–water partition coefficient (Wildman–Crippen LogP) is 1.92. The number of hydrogen-bond acceptors (Lipinski definition) is 4. The smallest absolute Gasteiger partial charge is 0.310 e. The van der Waals surface area contributed by atoms with E-state index in [1.807, 2.05) is 38.1 Å². The first kappa shape index (κ1) is 16.5. The molecule has 2 aliphatic rings. The SMILES string of the molecule is CCOc1ccc([C@H](C)NC(=O)[C@@H]2[C@@H](C(=O)O)[C@H]3C=C[C@@H]2O3)cc1. The molecular weight excluding hydrogens is 310 g/mol. The van der Waals surface area contributed by atoms with Gasteiger partial charge in [-0.25, -0.2) is 0 Å². The molecule has 24 heavy (non-hydrogen) atoms. The fourth-order valence-electron chi connectivity index (χ4n) is 3.33. The van der Waals surface area contributed by atoms with Gasteiger partial charge in [0, 0.05) is 0 Å². The van der Waals surface area contributed by atoms with Crippen molar-refractivity contribution < 1.29 is 24.2 Å². The molecule has 6 heteroatoms. The molecule has 6 nitrogen and oxygen atoms in total. The molecule has 1 amide bonds. The Balaban J connectivity index is 1.67. The van der Waals surface area contributed by atoms with Crippen LogP contribution in [0, 0.1) is 11.8 Å². The van der Waals surface area contributed by atoms with E-state index >= 15 is 0 Å². The number of rotatable bonds is 6. The van der Waals surface area contributed by atoms with Crippen molar-refractivity contribution in [2.24, 2.45) is 11.8 Å². The fourth-order valence-corrected chi connectivity index (χ4v) is 3.33. The zero-order valence-corrected chi connectivity index (χ0v) is 13.6. The van der Waals surface area contributed by atoms with Gasteiger partial charge in [-0.1, -0.05) is 24.3 Å². The van der Waals surface area contributed by atoms with Crippen LogP contribution in [0.25, 0.3) is 0 Å². The molecule has 3 rings (SSSR count). The van der Waals surface area contributed by atoms with E-state index in [4.69, 9.17) is 9.47 Å². The molecular formula is C18H21NO5. The minimum Gasteiger partial charge on any atom is -0.494 e. The lowest BCUT2D eigenvalue weighted by Gasteiger charge is -2.23. The highest BCUT2D eigenvalue weighted by atomic mass is 16.5. The summed E-state index contributed by atoms with van der Waals surface area (Å²) in [6.45, 7) is 4.38. The van der Waals surface area contributed by atoms with Crippen LogP contribution in [0.15, 0.2) is 36.4 Å². The Kier molecular flexibility index (Phi) is 4.57. The van der Waals surface area contributed by atoms with Crippen molar-refractivity contribution in [3.8, 4) is 5.75 Å². The molecule has 2 N–H and O–H groups in total. The summed E-state index contributed by atoms with van der Waals surface area (Å²) in [6, 6.07) is 7.25. The number of hydrogen-bond donors (Lipinski definition) is 2. The molecule has 0 unspecified atom stereocenters. The zero-order chi connectivity index (χ0) is 17.3. The van der Waals surface area contributed by atoms with Crippen molar-refractivity contribution in [3.05, 3.63) is 42.0 Å². The molecule has 5 atom stereocenters. The number of amides is 1. The first-order valence-electron chi connectivity index (χ1n) is 8.11. The van der Waals surface area contributed by atoms with Crippen molar-refractivity contribution >= 4 is 11.9 Å². The molecule has 128 valence electrons. The summed E-state index contributed by atoms with van der Waals surface area (Å²) >= 11 is 0. The first-order valence-corrected chi connectivity index (χ1v) is 8.11. The number of fused-ring (bicyclic) bond motifs is 2. The second-order valence-electron chi connectivity index (χ2n) is 6.07. The first-order chi connectivity index (χ1) is 11.5. The molecule has 0 aromatic heterocycles. The van der Waals surface area contributed by atoms with Gasteiger partial charge in [0.2, 0.25) is 5.91 Å². The average Bonchev–Trinajstić information content (AvgIpc) is 3.16. The highest BCUT2D eigenvalue weighted by molar-refractivity contribution is 5.87. The fraction of sp³-hybridized carbons (Fsp3) is 0.444. The second kappa shape index (κ2) is 6.65. The monoisotopic (exact) mass is 331 g/mol. The van der Waals surface area contributed by atoms with E-state index in [9.17, 15) is 14.7 Å².